The van der Waals surface area contributed by atoms with E-state index in [1.54, 1.807) is 0 Å². The third-order valence-corrected chi connectivity index (χ3v) is 11.3. The number of benzene rings is 7. The Kier molecular flexibility index (Phi) is 7.25. The molecule has 0 radical (unpaired) electrons. The van der Waals surface area contributed by atoms with E-state index in [2.05, 4.69) is 187 Å². The van der Waals surface area contributed by atoms with Crippen molar-refractivity contribution in [2.45, 2.75) is 33.1 Å². The summed E-state index contributed by atoms with van der Waals surface area (Å²) in [5.74, 6) is 0.402. The van der Waals surface area contributed by atoms with Crippen LogP contribution < -0.4 is 4.90 Å². The van der Waals surface area contributed by atoms with Crippen LogP contribution in [0.3, 0.4) is 0 Å². The number of fused-ring (bicyclic) bond motifs is 9. The SMILES string of the molecule is Cc1ccc(N(c2ccc3c4c(c5ccccc5c3c2)C=CCC4)c2ccc3c4ccccc4n(C4=C(c5ccccc5)C(C)CC=C4)c3c2)cc1. The van der Waals surface area contributed by atoms with Crippen LogP contribution in [0.1, 0.15) is 42.0 Å². The quantitative estimate of drug-likeness (QED) is 0.166. The van der Waals surface area contributed by atoms with Crippen LogP contribution in [0.4, 0.5) is 17.1 Å². The van der Waals surface area contributed by atoms with E-state index in [4.69, 9.17) is 0 Å². The molecule has 1 unspecified atom stereocenters. The molecule has 1 atom stereocenters. The molecule has 0 amide bonds. The summed E-state index contributed by atoms with van der Waals surface area (Å²) in [6.07, 6.45) is 12.6. The van der Waals surface area contributed by atoms with E-state index in [-0.39, 0.29) is 0 Å². The third-order valence-electron chi connectivity index (χ3n) is 11.3. The van der Waals surface area contributed by atoms with E-state index < -0.39 is 0 Å². The van der Waals surface area contributed by atoms with E-state index >= 15 is 0 Å². The van der Waals surface area contributed by atoms with Gasteiger partial charge < -0.3 is 9.47 Å². The van der Waals surface area contributed by atoms with Gasteiger partial charge in [-0.15, -0.1) is 0 Å². The molecule has 2 aliphatic carbocycles. The molecule has 0 saturated heterocycles. The molecule has 0 fully saturated rings. The summed E-state index contributed by atoms with van der Waals surface area (Å²) < 4.78 is 2.52. The molecule has 1 aromatic heterocycles. The zero-order valence-corrected chi connectivity index (χ0v) is 29.7. The largest absolute Gasteiger partial charge is 0.310 e. The van der Waals surface area contributed by atoms with Gasteiger partial charge in [0.2, 0.25) is 0 Å². The first-order valence-electron chi connectivity index (χ1n) is 18.6. The summed E-state index contributed by atoms with van der Waals surface area (Å²) in [6.45, 7) is 4.52. The maximum Gasteiger partial charge on any atom is 0.0562 e. The Morgan fingerprint density at radius 1 is 0.558 bits per heavy atom. The molecule has 0 aliphatic heterocycles. The van der Waals surface area contributed by atoms with Crippen molar-refractivity contribution in [1.82, 2.24) is 4.57 Å². The number of anilines is 3. The van der Waals surface area contributed by atoms with E-state index in [1.807, 2.05) is 0 Å². The molecular weight excluding hydrogens is 629 g/mol. The van der Waals surface area contributed by atoms with Gasteiger partial charge in [-0.1, -0.05) is 128 Å². The summed E-state index contributed by atoms with van der Waals surface area (Å²) in [5, 5.41) is 7.85. The summed E-state index contributed by atoms with van der Waals surface area (Å²) in [4.78, 5) is 2.44. The molecule has 1 heterocycles. The number of rotatable bonds is 5. The van der Waals surface area contributed by atoms with E-state index in [1.165, 1.54) is 76.9 Å². The second-order valence-electron chi connectivity index (χ2n) is 14.5. The molecule has 2 nitrogen and oxygen atoms in total. The summed E-state index contributed by atoms with van der Waals surface area (Å²) in [7, 11) is 0. The molecule has 0 bridgehead atoms. The van der Waals surface area contributed by atoms with Gasteiger partial charge in [-0.3, -0.25) is 0 Å². The Bertz CT molecular complexity index is 2780. The predicted molar refractivity (Wildman–Crippen MR) is 224 cm³/mol. The fourth-order valence-electron chi connectivity index (χ4n) is 8.89. The van der Waals surface area contributed by atoms with Crippen LogP contribution >= 0.6 is 0 Å². The monoisotopic (exact) mass is 668 g/mol. The van der Waals surface area contributed by atoms with Crippen molar-refractivity contribution in [3.8, 4) is 0 Å². The lowest BCUT2D eigenvalue weighted by Crippen LogP contribution is -2.11. The number of allylic oxidation sites excluding steroid dienone is 5. The minimum Gasteiger partial charge on any atom is -0.310 e. The van der Waals surface area contributed by atoms with Crippen molar-refractivity contribution in [1.29, 1.82) is 0 Å². The van der Waals surface area contributed by atoms with Crippen LogP contribution in [0.2, 0.25) is 0 Å². The highest BCUT2D eigenvalue weighted by Gasteiger charge is 2.24. The van der Waals surface area contributed by atoms with Gasteiger partial charge in [-0.05, 0) is 124 Å². The molecular formula is C50H40N2. The average Bonchev–Trinajstić information content (AvgIpc) is 3.52. The molecule has 7 aromatic carbocycles. The lowest BCUT2D eigenvalue weighted by Gasteiger charge is -2.28. The summed E-state index contributed by atoms with van der Waals surface area (Å²) >= 11 is 0. The number of nitrogens with zero attached hydrogens (tertiary/aromatic N) is 2. The number of aryl methyl sites for hydroxylation is 2. The summed E-state index contributed by atoms with van der Waals surface area (Å²) in [6, 6.07) is 51.9. The Labute approximate surface area is 305 Å². The van der Waals surface area contributed by atoms with Crippen LogP contribution in [-0.2, 0) is 6.42 Å². The molecule has 2 heteroatoms. The highest BCUT2D eigenvalue weighted by Crippen LogP contribution is 2.45. The summed E-state index contributed by atoms with van der Waals surface area (Å²) in [5.41, 5.74) is 13.9. The average molecular weight is 669 g/mol. The van der Waals surface area contributed by atoms with Crippen molar-refractivity contribution in [3.63, 3.8) is 0 Å². The Balaban J connectivity index is 1.24. The minimum atomic E-state index is 0.402. The van der Waals surface area contributed by atoms with E-state index in [9.17, 15) is 0 Å². The fourth-order valence-corrected chi connectivity index (χ4v) is 8.89. The number of hydrogen-bond acceptors (Lipinski definition) is 1. The zero-order valence-electron chi connectivity index (χ0n) is 29.7. The van der Waals surface area contributed by atoms with Gasteiger partial charge in [0.05, 0.1) is 11.0 Å². The van der Waals surface area contributed by atoms with Gasteiger partial charge in [0.1, 0.15) is 0 Å². The topological polar surface area (TPSA) is 8.17 Å². The van der Waals surface area contributed by atoms with E-state index in [0.29, 0.717) is 5.92 Å². The van der Waals surface area contributed by atoms with Crippen LogP contribution in [0.5, 0.6) is 0 Å². The van der Waals surface area contributed by atoms with Crippen LogP contribution in [-0.4, -0.2) is 4.57 Å². The predicted octanol–water partition coefficient (Wildman–Crippen LogP) is 13.8. The Hall–Kier alpha value is -6.12. The maximum absolute atomic E-state index is 2.52. The molecule has 0 saturated carbocycles. The molecule has 0 N–H and O–H groups in total. The molecule has 0 spiro atoms. The second kappa shape index (κ2) is 12.3. The first-order valence-corrected chi connectivity index (χ1v) is 18.6. The number of hydrogen-bond donors (Lipinski definition) is 0. The lowest BCUT2D eigenvalue weighted by atomic mass is 9.86. The maximum atomic E-state index is 2.52. The van der Waals surface area contributed by atoms with Crippen molar-refractivity contribution < 1.29 is 0 Å². The highest BCUT2D eigenvalue weighted by molar-refractivity contribution is 6.15. The first kappa shape index (κ1) is 30.7. The van der Waals surface area contributed by atoms with Crippen LogP contribution in [0.15, 0.2) is 158 Å². The highest BCUT2D eigenvalue weighted by atomic mass is 15.1. The zero-order chi connectivity index (χ0) is 34.8. The van der Waals surface area contributed by atoms with Gasteiger partial charge >= 0.3 is 0 Å². The van der Waals surface area contributed by atoms with Gasteiger partial charge in [-0.25, -0.2) is 0 Å². The molecule has 10 rings (SSSR count). The Morgan fingerprint density at radius 2 is 1.23 bits per heavy atom. The molecule has 250 valence electrons. The molecule has 2 aliphatic rings. The standard InChI is InChI=1S/C50H40N2/c1-33-23-25-36(26-24-33)51(37-27-29-43-41-18-7-6-16-39(41)40-17-8-9-19-42(40)46(43)31-37)38-28-30-45-44-20-10-11-21-47(44)52(49(45)32-38)48-22-12-13-34(2)50(48)35-14-4-3-5-15-35/h3-6,8-12,14-17,19-32,34H,7,13,18H2,1-2H3. The van der Waals surface area contributed by atoms with Crippen LogP contribution in [0.25, 0.3) is 60.7 Å². The van der Waals surface area contributed by atoms with Crippen molar-refractivity contribution in [2.75, 3.05) is 4.90 Å². The van der Waals surface area contributed by atoms with Gasteiger partial charge in [0, 0.05) is 33.5 Å². The van der Waals surface area contributed by atoms with Crippen molar-refractivity contribution >= 4 is 77.8 Å². The normalized spacial score (nSPS) is 15.6. The fraction of sp³-hybridized carbons (Fsp3) is 0.120. The first-order chi connectivity index (χ1) is 25.6. The molecule has 8 aromatic rings. The Morgan fingerprint density at radius 3 is 2.06 bits per heavy atom. The second-order valence-corrected chi connectivity index (χ2v) is 14.5. The van der Waals surface area contributed by atoms with Crippen LogP contribution in [0, 0.1) is 12.8 Å². The van der Waals surface area contributed by atoms with Crippen molar-refractivity contribution in [2.24, 2.45) is 5.92 Å². The number of aromatic nitrogens is 1. The third kappa shape index (κ3) is 4.86. The van der Waals surface area contributed by atoms with Gasteiger partial charge in [0.25, 0.3) is 0 Å². The van der Waals surface area contributed by atoms with Gasteiger partial charge in [-0.2, -0.15) is 0 Å². The number of para-hydroxylation sites is 1. The van der Waals surface area contributed by atoms with Crippen molar-refractivity contribution in [3.05, 3.63) is 180 Å². The smallest absolute Gasteiger partial charge is 0.0562 e. The molecule has 52 heavy (non-hydrogen) atoms. The van der Waals surface area contributed by atoms with Gasteiger partial charge in [0.15, 0.2) is 0 Å². The lowest BCUT2D eigenvalue weighted by molar-refractivity contribution is 0.757. The minimum absolute atomic E-state index is 0.402. The van der Waals surface area contributed by atoms with E-state index in [0.717, 1.165) is 36.3 Å².